The highest BCUT2D eigenvalue weighted by molar-refractivity contribution is 7.80. The average Bonchev–Trinajstić information content (AvgIpc) is 3.26. The van der Waals surface area contributed by atoms with Crippen molar-refractivity contribution >= 4 is 22.3 Å². The molecule has 176 valence electrons. The summed E-state index contributed by atoms with van der Waals surface area (Å²) in [6.45, 7) is 6.63. The second-order valence-corrected chi connectivity index (χ2v) is 9.55. The summed E-state index contributed by atoms with van der Waals surface area (Å²) < 4.78 is 35.1. The van der Waals surface area contributed by atoms with Crippen molar-refractivity contribution in [2.24, 2.45) is 5.92 Å². The van der Waals surface area contributed by atoms with Gasteiger partial charge in [0.2, 0.25) is 0 Å². The van der Waals surface area contributed by atoms with Crippen molar-refractivity contribution in [1.29, 1.82) is 0 Å². The zero-order valence-corrected chi connectivity index (χ0v) is 18.1. The minimum Gasteiger partial charge on any atom is -0.314 e. The van der Waals surface area contributed by atoms with E-state index in [0.717, 1.165) is 45.7 Å². The molecule has 0 aliphatic carbocycles. The Labute approximate surface area is 181 Å². The van der Waals surface area contributed by atoms with E-state index in [1.165, 1.54) is 4.90 Å². The summed E-state index contributed by atoms with van der Waals surface area (Å²) in [4.78, 5) is 34.0. The lowest BCUT2D eigenvalue weighted by Gasteiger charge is -2.29. The number of nitrogens with zero attached hydrogens (tertiary/aromatic N) is 3. The monoisotopic (exact) mass is 462 g/mol. The van der Waals surface area contributed by atoms with E-state index in [-0.39, 0.29) is 12.6 Å². The normalized spacial score (nSPS) is 32.0. The molecular formula is C17H30N6O7S. The molecule has 4 fully saturated rings. The highest BCUT2D eigenvalue weighted by Crippen LogP contribution is 2.30. The van der Waals surface area contributed by atoms with Gasteiger partial charge in [-0.15, -0.1) is 4.28 Å². The van der Waals surface area contributed by atoms with Crippen molar-refractivity contribution < 1.29 is 31.7 Å². The van der Waals surface area contributed by atoms with E-state index < -0.39 is 34.4 Å². The number of hydroxylamine groups is 3. The van der Waals surface area contributed by atoms with Gasteiger partial charge in [-0.3, -0.25) is 14.2 Å². The standard InChI is InChI=1S/C17H30N6O7S/c24-16(15-2-1-14-10-22(15)17(25)23(14)30-31(26,27)28)20-29-11-13-7-12(8-19-13)9-21-5-3-18-4-6-21/h12-15,18-19H,1-11H2,(H,20,24)(H,26,27,28)/t12-,13-,14?,15?/m0/s1. The SMILES string of the molecule is O=C(NOC[C@@H]1C[C@H](CN2CCNCC2)CN1)C1CCC2CN1C(=O)N2OS(=O)(=O)O. The topological polar surface area (TPSA) is 153 Å². The van der Waals surface area contributed by atoms with Crippen LogP contribution in [0.25, 0.3) is 0 Å². The molecule has 0 aromatic rings. The molecule has 4 atom stereocenters. The van der Waals surface area contributed by atoms with Crippen LogP contribution in [0.1, 0.15) is 19.3 Å². The fraction of sp³-hybridized carbons (Fsp3) is 0.882. The van der Waals surface area contributed by atoms with Gasteiger partial charge in [-0.1, -0.05) is 0 Å². The second-order valence-electron chi connectivity index (χ2n) is 8.54. The van der Waals surface area contributed by atoms with E-state index in [1.54, 1.807) is 0 Å². The maximum atomic E-state index is 12.5. The summed E-state index contributed by atoms with van der Waals surface area (Å²) in [6.07, 6.45) is 1.68. The van der Waals surface area contributed by atoms with Crippen molar-refractivity contribution in [3.8, 4) is 0 Å². The fourth-order valence-electron chi connectivity index (χ4n) is 4.81. The van der Waals surface area contributed by atoms with E-state index in [0.29, 0.717) is 30.4 Å². The summed E-state index contributed by atoms with van der Waals surface area (Å²) >= 11 is 0. The lowest BCUT2D eigenvalue weighted by Crippen LogP contribution is -2.50. The Balaban J connectivity index is 1.19. The van der Waals surface area contributed by atoms with Crippen LogP contribution in [0.5, 0.6) is 0 Å². The zero-order chi connectivity index (χ0) is 22.0. The summed E-state index contributed by atoms with van der Waals surface area (Å²) in [7, 11) is -4.81. The average molecular weight is 463 g/mol. The molecule has 0 aromatic heterocycles. The molecule has 4 rings (SSSR count). The molecule has 0 radical (unpaired) electrons. The Hall–Kier alpha value is -1.55. The molecule has 4 saturated heterocycles. The van der Waals surface area contributed by atoms with E-state index >= 15 is 0 Å². The van der Waals surface area contributed by atoms with Gasteiger partial charge >= 0.3 is 16.4 Å². The smallest absolute Gasteiger partial charge is 0.314 e. The lowest BCUT2D eigenvalue weighted by atomic mass is 10.0. The number of piperidine rings is 1. The first-order valence-electron chi connectivity index (χ1n) is 10.6. The first-order valence-corrected chi connectivity index (χ1v) is 12.0. The number of nitrogens with one attached hydrogen (secondary N) is 3. The zero-order valence-electron chi connectivity index (χ0n) is 17.2. The molecule has 3 amide bonds. The molecule has 0 aromatic carbocycles. The van der Waals surface area contributed by atoms with Crippen molar-refractivity contribution in [2.75, 3.05) is 52.4 Å². The molecule has 14 heteroatoms. The number of carbonyl (C=O) groups excluding carboxylic acids is 2. The third-order valence-electron chi connectivity index (χ3n) is 6.30. The minimum absolute atomic E-state index is 0.143. The molecule has 13 nitrogen and oxygen atoms in total. The number of hydrogen-bond donors (Lipinski definition) is 4. The minimum atomic E-state index is -4.81. The third kappa shape index (κ3) is 5.63. The highest BCUT2D eigenvalue weighted by atomic mass is 32.3. The van der Waals surface area contributed by atoms with Crippen LogP contribution in [0.4, 0.5) is 4.79 Å². The van der Waals surface area contributed by atoms with Gasteiger partial charge in [0.25, 0.3) is 5.91 Å². The molecule has 4 N–H and O–H groups in total. The van der Waals surface area contributed by atoms with Crippen molar-refractivity contribution in [3.05, 3.63) is 0 Å². The van der Waals surface area contributed by atoms with Crippen molar-refractivity contribution in [3.63, 3.8) is 0 Å². The molecule has 2 bridgehead atoms. The number of fused-ring (bicyclic) bond motifs is 2. The molecule has 4 heterocycles. The highest BCUT2D eigenvalue weighted by Gasteiger charge is 2.49. The van der Waals surface area contributed by atoms with Gasteiger partial charge in [-0.2, -0.15) is 13.5 Å². The number of urea groups is 1. The predicted molar refractivity (Wildman–Crippen MR) is 107 cm³/mol. The fourth-order valence-corrected chi connectivity index (χ4v) is 5.20. The Morgan fingerprint density at radius 1 is 1.26 bits per heavy atom. The summed E-state index contributed by atoms with van der Waals surface area (Å²) in [5.41, 5.74) is 2.42. The summed E-state index contributed by atoms with van der Waals surface area (Å²) in [5.74, 6) is 0.0876. The second kappa shape index (κ2) is 9.52. The van der Waals surface area contributed by atoms with Crippen molar-refractivity contribution in [2.45, 2.75) is 37.4 Å². The Kier molecular flexibility index (Phi) is 6.95. The van der Waals surface area contributed by atoms with Gasteiger partial charge in [0, 0.05) is 45.3 Å². The number of piperazine rings is 1. The maximum Gasteiger partial charge on any atom is 0.418 e. The molecule has 0 spiro atoms. The number of rotatable bonds is 8. The largest absolute Gasteiger partial charge is 0.418 e. The van der Waals surface area contributed by atoms with E-state index in [2.05, 4.69) is 25.3 Å². The predicted octanol–water partition coefficient (Wildman–Crippen LogP) is -2.08. The number of hydrogen-bond acceptors (Lipinski definition) is 9. The number of carbonyl (C=O) groups is 2. The molecule has 31 heavy (non-hydrogen) atoms. The molecule has 0 saturated carbocycles. The van der Waals surface area contributed by atoms with Crippen LogP contribution in [-0.4, -0.2) is 110 Å². The van der Waals surface area contributed by atoms with E-state index in [1.807, 2.05) is 0 Å². The number of amides is 3. The van der Waals surface area contributed by atoms with E-state index in [4.69, 9.17) is 9.39 Å². The first kappa shape index (κ1) is 22.6. The van der Waals surface area contributed by atoms with Crippen LogP contribution in [0, 0.1) is 5.92 Å². The van der Waals surface area contributed by atoms with Crippen molar-refractivity contribution in [1.82, 2.24) is 31.0 Å². The summed E-state index contributed by atoms with van der Waals surface area (Å²) in [5, 5.41) is 7.39. The van der Waals surface area contributed by atoms with Gasteiger partial charge in [0.05, 0.1) is 12.6 Å². The quantitative estimate of drug-likeness (QED) is 0.234. The lowest BCUT2D eigenvalue weighted by molar-refractivity contribution is -0.139. The molecule has 4 aliphatic rings. The van der Waals surface area contributed by atoms with Crippen LogP contribution < -0.4 is 16.1 Å². The van der Waals surface area contributed by atoms with Crippen LogP contribution in [0.2, 0.25) is 0 Å². The molecule has 2 unspecified atom stereocenters. The van der Waals surface area contributed by atoms with Gasteiger partial charge in [0.1, 0.15) is 6.04 Å². The Morgan fingerprint density at radius 3 is 2.77 bits per heavy atom. The van der Waals surface area contributed by atoms with Gasteiger partial charge in [-0.05, 0) is 31.7 Å². The maximum absolute atomic E-state index is 12.5. The Morgan fingerprint density at radius 2 is 2.03 bits per heavy atom. The molecule has 4 aliphatic heterocycles. The Bertz CT molecular complexity index is 777. The molecular weight excluding hydrogens is 432 g/mol. The third-order valence-corrected chi connectivity index (χ3v) is 6.65. The van der Waals surface area contributed by atoms with Gasteiger partial charge < -0.3 is 20.4 Å². The van der Waals surface area contributed by atoms with E-state index in [9.17, 15) is 18.0 Å². The first-order chi connectivity index (χ1) is 14.8. The van der Waals surface area contributed by atoms with Crippen LogP contribution in [0.15, 0.2) is 0 Å². The summed E-state index contributed by atoms with van der Waals surface area (Å²) in [6, 6.07) is -1.94. The van der Waals surface area contributed by atoms with Crippen LogP contribution >= 0.6 is 0 Å². The van der Waals surface area contributed by atoms with Gasteiger partial charge in [-0.25, -0.2) is 10.3 Å². The van der Waals surface area contributed by atoms with Crippen LogP contribution in [0.3, 0.4) is 0 Å². The van der Waals surface area contributed by atoms with Crippen LogP contribution in [-0.2, 0) is 24.3 Å². The van der Waals surface area contributed by atoms with Gasteiger partial charge in [0.15, 0.2) is 0 Å².